The van der Waals surface area contributed by atoms with Crippen molar-refractivity contribution in [3.63, 3.8) is 0 Å². The number of likely N-dealkylation sites (tertiary alicyclic amines) is 1. The summed E-state index contributed by atoms with van der Waals surface area (Å²) in [6.07, 6.45) is 4.35. The summed E-state index contributed by atoms with van der Waals surface area (Å²) in [5.74, 6) is 1.23. The van der Waals surface area contributed by atoms with E-state index in [9.17, 15) is 4.79 Å². The molecule has 3 heterocycles. The highest BCUT2D eigenvalue weighted by Crippen LogP contribution is 2.24. The van der Waals surface area contributed by atoms with E-state index in [1.807, 2.05) is 24.8 Å². The summed E-state index contributed by atoms with van der Waals surface area (Å²) in [6.45, 7) is 7.58. The molecular weight excluding hydrogens is 264 g/mol. The Hall–Kier alpha value is -1.65. The molecule has 2 saturated heterocycles. The van der Waals surface area contributed by atoms with Gasteiger partial charge in [0.2, 0.25) is 11.9 Å². The number of amides is 1. The van der Waals surface area contributed by atoms with Gasteiger partial charge in [0.15, 0.2) is 0 Å². The van der Waals surface area contributed by atoms with E-state index in [-0.39, 0.29) is 5.92 Å². The summed E-state index contributed by atoms with van der Waals surface area (Å²) >= 11 is 0. The third-order valence-corrected chi connectivity index (χ3v) is 4.44. The van der Waals surface area contributed by atoms with E-state index in [2.05, 4.69) is 14.9 Å². The van der Waals surface area contributed by atoms with Crippen LogP contribution in [0.4, 0.5) is 5.95 Å². The number of nitrogens with zero attached hydrogens (tertiary/aromatic N) is 4. The molecule has 0 bridgehead atoms. The van der Waals surface area contributed by atoms with Crippen LogP contribution in [0.25, 0.3) is 0 Å². The van der Waals surface area contributed by atoms with Crippen molar-refractivity contribution in [2.24, 2.45) is 5.92 Å². The fourth-order valence-electron chi connectivity index (χ4n) is 3.40. The highest BCUT2D eigenvalue weighted by atomic mass is 16.2. The minimum Gasteiger partial charge on any atom is -0.342 e. The van der Waals surface area contributed by atoms with E-state index in [0.717, 1.165) is 69.2 Å². The molecule has 1 atom stereocenters. The van der Waals surface area contributed by atoms with Crippen molar-refractivity contribution in [2.75, 3.05) is 31.1 Å². The maximum Gasteiger partial charge on any atom is 0.227 e. The van der Waals surface area contributed by atoms with Gasteiger partial charge in [0.25, 0.3) is 0 Å². The lowest BCUT2D eigenvalue weighted by Crippen LogP contribution is -2.44. The zero-order valence-electron chi connectivity index (χ0n) is 13.0. The van der Waals surface area contributed by atoms with Crippen molar-refractivity contribution in [3.05, 3.63) is 17.5 Å². The van der Waals surface area contributed by atoms with Crippen molar-refractivity contribution < 1.29 is 4.79 Å². The van der Waals surface area contributed by atoms with Crippen LogP contribution in [0.3, 0.4) is 0 Å². The molecule has 0 radical (unpaired) electrons. The van der Waals surface area contributed by atoms with Gasteiger partial charge in [-0.2, -0.15) is 0 Å². The summed E-state index contributed by atoms with van der Waals surface area (Å²) in [5.41, 5.74) is 1.98. The first-order valence-electron chi connectivity index (χ1n) is 7.99. The van der Waals surface area contributed by atoms with E-state index in [1.54, 1.807) is 0 Å². The van der Waals surface area contributed by atoms with Crippen LogP contribution in [0.2, 0.25) is 0 Å². The lowest BCUT2D eigenvalue weighted by atomic mass is 9.97. The predicted octanol–water partition coefficient (Wildman–Crippen LogP) is 1.93. The molecule has 3 rings (SSSR count). The van der Waals surface area contributed by atoms with Gasteiger partial charge in [0.1, 0.15) is 0 Å². The summed E-state index contributed by atoms with van der Waals surface area (Å²) in [7, 11) is 0. The zero-order valence-corrected chi connectivity index (χ0v) is 13.0. The Bertz CT molecular complexity index is 505. The van der Waals surface area contributed by atoms with E-state index >= 15 is 0 Å². The second kappa shape index (κ2) is 6.00. The Kier molecular flexibility index (Phi) is 4.08. The van der Waals surface area contributed by atoms with E-state index in [1.165, 1.54) is 0 Å². The average molecular weight is 288 g/mol. The fourth-order valence-corrected chi connectivity index (χ4v) is 3.40. The molecule has 0 saturated carbocycles. The Labute approximate surface area is 126 Å². The Balaban J connectivity index is 1.71. The van der Waals surface area contributed by atoms with Crippen LogP contribution in [-0.2, 0) is 4.79 Å². The van der Waals surface area contributed by atoms with Crippen molar-refractivity contribution in [3.8, 4) is 0 Å². The van der Waals surface area contributed by atoms with Gasteiger partial charge in [0, 0.05) is 37.6 Å². The van der Waals surface area contributed by atoms with Gasteiger partial charge in [-0.3, -0.25) is 4.79 Å². The average Bonchev–Trinajstić information content (AvgIpc) is 3.00. The standard InChI is InChI=1S/C16H24N4O/c1-12-10-13(2)18-16(17-12)20-9-5-6-14(11-20)15(21)19-7-3-4-8-19/h10,14H,3-9,11H2,1-2H3/t14-/m1/s1. The molecule has 0 aromatic carbocycles. The molecule has 114 valence electrons. The molecular formula is C16H24N4O. The highest BCUT2D eigenvalue weighted by Gasteiger charge is 2.31. The first kappa shape index (κ1) is 14.3. The Morgan fingerprint density at radius 2 is 1.76 bits per heavy atom. The first-order chi connectivity index (χ1) is 10.1. The fraction of sp³-hybridized carbons (Fsp3) is 0.688. The number of hydrogen-bond donors (Lipinski definition) is 0. The quantitative estimate of drug-likeness (QED) is 0.834. The SMILES string of the molecule is Cc1cc(C)nc(N2CCC[C@@H](C(=O)N3CCCC3)C2)n1. The van der Waals surface area contributed by atoms with Gasteiger partial charge >= 0.3 is 0 Å². The molecule has 5 nitrogen and oxygen atoms in total. The van der Waals surface area contributed by atoms with Crippen LogP contribution >= 0.6 is 0 Å². The molecule has 2 aliphatic rings. The lowest BCUT2D eigenvalue weighted by molar-refractivity contribution is -0.134. The molecule has 1 aromatic rings. The van der Waals surface area contributed by atoms with Crippen LogP contribution in [-0.4, -0.2) is 47.0 Å². The number of hydrogen-bond acceptors (Lipinski definition) is 4. The molecule has 2 fully saturated rings. The molecule has 1 amide bonds. The number of aryl methyl sites for hydroxylation is 2. The molecule has 0 aliphatic carbocycles. The van der Waals surface area contributed by atoms with Crippen molar-refractivity contribution >= 4 is 11.9 Å². The minimum absolute atomic E-state index is 0.112. The van der Waals surface area contributed by atoms with Crippen molar-refractivity contribution in [1.82, 2.24) is 14.9 Å². The number of anilines is 1. The van der Waals surface area contributed by atoms with Gasteiger partial charge in [-0.05, 0) is 45.6 Å². The summed E-state index contributed by atoms with van der Waals surface area (Å²) in [4.78, 5) is 25.9. The zero-order chi connectivity index (χ0) is 14.8. The monoisotopic (exact) mass is 288 g/mol. The maximum atomic E-state index is 12.6. The van der Waals surface area contributed by atoms with Crippen LogP contribution < -0.4 is 4.90 Å². The topological polar surface area (TPSA) is 49.3 Å². The number of rotatable bonds is 2. The molecule has 21 heavy (non-hydrogen) atoms. The van der Waals surface area contributed by atoms with E-state index < -0.39 is 0 Å². The van der Waals surface area contributed by atoms with Crippen LogP contribution in [0.15, 0.2) is 6.07 Å². The Morgan fingerprint density at radius 3 is 2.43 bits per heavy atom. The summed E-state index contributed by atoms with van der Waals surface area (Å²) < 4.78 is 0. The van der Waals surface area contributed by atoms with E-state index in [4.69, 9.17) is 0 Å². The minimum atomic E-state index is 0.112. The maximum absolute atomic E-state index is 12.6. The summed E-state index contributed by atoms with van der Waals surface area (Å²) in [6, 6.07) is 1.99. The number of aromatic nitrogens is 2. The number of carbonyl (C=O) groups is 1. The third kappa shape index (κ3) is 3.17. The first-order valence-corrected chi connectivity index (χ1v) is 7.99. The largest absolute Gasteiger partial charge is 0.342 e. The molecule has 0 N–H and O–H groups in total. The van der Waals surface area contributed by atoms with Crippen molar-refractivity contribution in [1.29, 1.82) is 0 Å². The predicted molar refractivity (Wildman–Crippen MR) is 82.3 cm³/mol. The van der Waals surface area contributed by atoms with Gasteiger partial charge in [-0.15, -0.1) is 0 Å². The third-order valence-electron chi connectivity index (χ3n) is 4.44. The van der Waals surface area contributed by atoms with Gasteiger partial charge in [-0.25, -0.2) is 9.97 Å². The number of piperidine rings is 1. The molecule has 5 heteroatoms. The molecule has 0 spiro atoms. The van der Waals surface area contributed by atoms with Gasteiger partial charge in [0.05, 0.1) is 5.92 Å². The normalized spacial score (nSPS) is 22.7. The van der Waals surface area contributed by atoms with Gasteiger partial charge in [-0.1, -0.05) is 0 Å². The molecule has 2 aliphatic heterocycles. The van der Waals surface area contributed by atoms with Crippen LogP contribution in [0, 0.1) is 19.8 Å². The highest BCUT2D eigenvalue weighted by molar-refractivity contribution is 5.80. The molecule has 0 unspecified atom stereocenters. The van der Waals surface area contributed by atoms with Crippen molar-refractivity contribution in [2.45, 2.75) is 39.5 Å². The number of carbonyl (C=O) groups excluding carboxylic acids is 1. The second-order valence-electron chi connectivity index (χ2n) is 6.27. The Morgan fingerprint density at radius 1 is 1.10 bits per heavy atom. The summed E-state index contributed by atoms with van der Waals surface area (Å²) in [5, 5.41) is 0. The van der Waals surface area contributed by atoms with E-state index in [0.29, 0.717) is 5.91 Å². The van der Waals surface area contributed by atoms with Gasteiger partial charge < -0.3 is 9.80 Å². The van der Waals surface area contributed by atoms with Crippen LogP contribution in [0.1, 0.15) is 37.1 Å². The lowest BCUT2D eigenvalue weighted by Gasteiger charge is -2.34. The second-order valence-corrected chi connectivity index (χ2v) is 6.27. The molecule has 1 aromatic heterocycles. The smallest absolute Gasteiger partial charge is 0.227 e. The van der Waals surface area contributed by atoms with Crippen LogP contribution in [0.5, 0.6) is 0 Å².